The molecule has 1 amide bonds. The predicted octanol–water partition coefficient (Wildman–Crippen LogP) is 2.85. The Morgan fingerprint density at radius 3 is 2.86 bits per heavy atom. The first kappa shape index (κ1) is 15.1. The Labute approximate surface area is 134 Å². The van der Waals surface area contributed by atoms with Crippen LogP contribution in [0.2, 0.25) is 0 Å². The molecule has 1 fully saturated rings. The van der Waals surface area contributed by atoms with Crippen molar-refractivity contribution in [2.45, 2.75) is 13.0 Å². The van der Waals surface area contributed by atoms with Gasteiger partial charge in [0.05, 0.1) is 18.0 Å². The van der Waals surface area contributed by atoms with Gasteiger partial charge in [0, 0.05) is 30.1 Å². The molecule has 1 saturated heterocycles. The lowest BCUT2D eigenvalue weighted by atomic mass is 10.0. The first-order chi connectivity index (χ1) is 10.7. The first-order valence-corrected chi connectivity index (χ1v) is 8.23. The molecule has 0 spiro atoms. The Bertz CT molecular complexity index is 668. The van der Waals surface area contributed by atoms with Crippen molar-refractivity contribution in [2.75, 3.05) is 26.7 Å². The van der Waals surface area contributed by atoms with Gasteiger partial charge in [-0.05, 0) is 25.1 Å². The molecule has 116 valence electrons. The second-order valence-corrected chi connectivity index (χ2v) is 6.66. The number of piperazine rings is 1. The van der Waals surface area contributed by atoms with Gasteiger partial charge in [-0.1, -0.05) is 18.2 Å². The van der Waals surface area contributed by atoms with E-state index in [1.165, 1.54) is 0 Å². The number of methoxy groups -OCH3 is 1. The summed E-state index contributed by atoms with van der Waals surface area (Å²) >= 11 is 1.55. The maximum Gasteiger partial charge on any atom is 0.264 e. The molecule has 4 nitrogen and oxygen atoms in total. The number of rotatable bonds is 3. The monoisotopic (exact) mass is 316 g/mol. The molecule has 1 N–H and O–H groups in total. The summed E-state index contributed by atoms with van der Waals surface area (Å²) in [6.07, 6.45) is 0. The highest BCUT2D eigenvalue weighted by molar-refractivity contribution is 7.13. The van der Waals surface area contributed by atoms with Crippen LogP contribution in [0.5, 0.6) is 5.75 Å². The third-order valence-electron chi connectivity index (χ3n) is 3.95. The highest BCUT2D eigenvalue weighted by Crippen LogP contribution is 2.32. The molecule has 2 aromatic rings. The number of nitrogens with zero attached hydrogens (tertiary/aromatic N) is 1. The first-order valence-electron chi connectivity index (χ1n) is 7.41. The number of carbonyl (C=O) groups excluding carboxylic acids is 1. The standard InChI is InChI=1S/C17H20N2O2S/c1-12-7-8-16(22-12)17(20)19-10-9-18-11-14(19)13-5-3-4-6-15(13)21-2/h3-8,14,18H,9-11H2,1-2H3. The summed E-state index contributed by atoms with van der Waals surface area (Å²) in [5.74, 6) is 0.937. The minimum Gasteiger partial charge on any atom is -0.496 e. The molecule has 3 rings (SSSR count). The van der Waals surface area contributed by atoms with Gasteiger partial charge in [0.1, 0.15) is 5.75 Å². The van der Waals surface area contributed by atoms with Crippen LogP contribution in [0.25, 0.3) is 0 Å². The van der Waals surface area contributed by atoms with Crippen LogP contribution in [0.1, 0.15) is 26.2 Å². The highest BCUT2D eigenvalue weighted by Gasteiger charge is 2.30. The summed E-state index contributed by atoms with van der Waals surface area (Å²) in [4.78, 5) is 16.8. The van der Waals surface area contributed by atoms with E-state index in [-0.39, 0.29) is 11.9 Å². The van der Waals surface area contributed by atoms with Gasteiger partial charge >= 0.3 is 0 Å². The summed E-state index contributed by atoms with van der Waals surface area (Å²) in [7, 11) is 1.67. The lowest BCUT2D eigenvalue weighted by molar-refractivity contribution is 0.0636. The largest absolute Gasteiger partial charge is 0.496 e. The molecule has 1 aromatic heterocycles. The second-order valence-electron chi connectivity index (χ2n) is 5.37. The van der Waals surface area contributed by atoms with Gasteiger partial charge in [-0.3, -0.25) is 4.79 Å². The van der Waals surface area contributed by atoms with Crippen molar-refractivity contribution in [1.82, 2.24) is 10.2 Å². The normalized spacial score (nSPS) is 18.3. The van der Waals surface area contributed by atoms with Crippen molar-refractivity contribution >= 4 is 17.2 Å². The summed E-state index contributed by atoms with van der Waals surface area (Å²) in [5, 5.41) is 3.38. The second kappa shape index (κ2) is 6.50. The molecule has 5 heteroatoms. The van der Waals surface area contributed by atoms with Crippen LogP contribution in [0.3, 0.4) is 0 Å². The van der Waals surface area contributed by atoms with Crippen LogP contribution in [0.4, 0.5) is 0 Å². The summed E-state index contributed by atoms with van der Waals surface area (Å²) in [5.41, 5.74) is 1.05. The Kier molecular flexibility index (Phi) is 4.45. The molecule has 1 atom stereocenters. The fourth-order valence-electron chi connectivity index (χ4n) is 2.86. The number of ether oxygens (including phenoxy) is 1. The average molecular weight is 316 g/mol. The topological polar surface area (TPSA) is 41.6 Å². The molecule has 1 unspecified atom stereocenters. The lowest BCUT2D eigenvalue weighted by Crippen LogP contribution is -2.48. The molecule has 22 heavy (non-hydrogen) atoms. The third kappa shape index (κ3) is 2.87. The number of carbonyl (C=O) groups is 1. The van der Waals surface area contributed by atoms with Gasteiger partial charge in [-0.2, -0.15) is 0 Å². The summed E-state index contributed by atoms with van der Waals surface area (Å²) in [6, 6.07) is 11.8. The van der Waals surface area contributed by atoms with Gasteiger partial charge in [0.25, 0.3) is 5.91 Å². The van der Waals surface area contributed by atoms with Crippen molar-refractivity contribution in [3.8, 4) is 5.75 Å². The number of hydrogen-bond donors (Lipinski definition) is 1. The quantitative estimate of drug-likeness (QED) is 0.947. The average Bonchev–Trinajstić information content (AvgIpc) is 3.00. The van der Waals surface area contributed by atoms with Crippen LogP contribution in [0, 0.1) is 6.92 Å². The number of nitrogens with one attached hydrogen (secondary N) is 1. The highest BCUT2D eigenvalue weighted by atomic mass is 32.1. The summed E-state index contributed by atoms with van der Waals surface area (Å²) < 4.78 is 5.47. The van der Waals surface area contributed by atoms with E-state index in [0.29, 0.717) is 6.54 Å². The minimum atomic E-state index is -0.000180. The number of benzene rings is 1. The molecule has 2 heterocycles. The Morgan fingerprint density at radius 1 is 1.32 bits per heavy atom. The fourth-order valence-corrected chi connectivity index (χ4v) is 3.68. The van der Waals surface area contributed by atoms with Crippen molar-refractivity contribution in [2.24, 2.45) is 0 Å². The van der Waals surface area contributed by atoms with Crippen LogP contribution in [-0.2, 0) is 0 Å². The molecule has 1 aliphatic rings. The Morgan fingerprint density at radius 2 is 2.14 bits per heavy atom. The zero-order valence-electron chi connectivity index (χ0n) is 12.8. The molecule has 0 saturated carbocycles. The maximum atomic E-state index is 12.9. The van der Waals surface area contributed by atoms with E-state index >= 15 is 0 Å². The van der Waals surface area contributed by atoms with E-state index in [1.54, 1.807) is 18.4 Å². The van der Waals surface area contributed by atoms with Crippen molar-refractivity contribution in [1.29, 1.82) is 0 Å². The molecule has 1 aliphatic heterocycles. The van der Waals surface area contributed by atoms with Crippen LogP contribution >= 0.6 is 11.3 Å². The van der Waals surface area contributed by atoms with E-state index in [2.05, 4.69) is 5.32 Å². The fraction of sp³-hybridized carbons (Fsp3) is 0.353. The lowest BCUT2D eigenvalue weighted by Gasteiger charge is -2.36. The molecular formula is C17H20N2O2S. The Hall–Kier alpha value is -1.85. The van der Waals surface area contributed by atoms with Crippen molar-refractivity contribution < 1.29 is 9.53 Å². The number of thiophene rings is 1. The predicted molar refractivity (Wildman–Crippen MR) is 88.7 cm³/mol. The van der Waals surface area contributed by atoms with Crippen LogP contribution < -0.4 is 10.1 Å². The zero-order valence-corrected chi connectivity index (χ0v) is 13.7. The van der Waals surface area contributed by atoms with Crippen LogP contribution in [-0.4, -0.2) is 37.6 Å². The number of hydrogen-bond acceptors (Lipinski definition) is 4. The van der Waals surface area contributed by atoms with Crippen molar-refractivity contribution in [3.05, 3.63) is 51.7 Å². The van der Waals surface area contributed by atoms with E-state index in [1.807, 2.05) is 48.2 Å². The number of para-hydroxylation sites is 1. The van der Waals surface area contributed by atoms with Crippen molar-refractivity contribution in [3.63, 3.8) is 0 Å². The number of amides is 1. The van der Waals surface area contributed by atoms with E-state index < -0.39 is 0 Å². The number of aryl methyl sites for hydroxylation is 1. The molecule has 0 bridgehead atoms. The van der Waals surface area contributed by atoms with E-state index in [0.717, 1.165) is 34.2 Å². The SMILES string of the molecule is COc1ccccc1C1CNCCN1C(=O)c1ccc(C)s1. The van der Waals surface area contributed by atoms with Gasteiger partial charge < -0.3 is 15.0 Å². The van der Waals surface area contributed by atoms with Crippen LogP contribution in [0.15, 0.2) is 36.4 Å². The summed E-state index contributed by atoms with van der Waals surface area (Å²) in [6.45, 7) is 4.30. The smallest absolute Gasteiger partial charge is 0.264 e. The minimum absolute atomic E-state index is 0.000180. The van der Waals surface area contributed by atoms with Gasteiger partial charge in [0.15, 0.2) is 0 Å². The maximum absolute atomic E-state index is 12.9. The van der Waals surface area contributed by atoms with Gasteiger partial charge in [0.2, 0.25) is 0 Å². The third-order valence-corrected chi connectivity index (χ3v) is 4.94. The zero-order chi connectivity index (χ0) is 15.5. The molecular weight excluding hydrogens is 296 g/mol. The van der Waals surface area contributed by atoms with E-state index in [4.69, 9.17) is 4.74 Å². The van der Waals surface area contributed by atoms with E-state index in [9.17, 15) is 4.79 Å². The Balaban J connectivity index is 1.93. The molecule has 0 aliphatic carbocycles. The van der Waals surface area contributed by atoms with Gasteiger partial charge in [-0.15, -0.1) is 11.3 Å². The van der Waals surface area contributed by atoms with Gasteiger partial charge in [-0.25, -0.2) is 0 Å². The molecule has 0 radical (unpaired) electrons. The molecule has 1 aromatic carbocycles.